The van der Waals surface area contributed by atoms with Crippen molar-refractivity contribution in [2.24, 2.45) is 0 Å². The molecule has 0 radical (unpaired) electrons. The summed E-state index contributed by atoms with van der Waals surface area (Å²) in [6, 6.07) is 24.8. The molecule has 5 rings (SSSR count). The van der Waals surface area contributed by atoms with Gasteiger partial charge in [0.15, 0.2) is 0 Å². The van der Waals surface area contributed by atoms with Crippen LogP contribution in [0.15, 0.2) is 93.8 Å². The molecule has 5 aromatic rings. The maximum Gasteiger partial charge on any atom is 0.248 e. The molecule has 0 spiro atoms. The van der Waals surface area contributed by atoms with Gasteiger partial charge in [0, 0.05) is 26.7 Å². The van der Waals surface area contributed by atoms with Gasteiger partial charge in [-0.05, 0) is 72.8 Å². The molecule has 7 heteroatoms. The Morgan fingerprint density at radius 3 is 2.67 bits per heavy atom. The Morgan fingerprint density at radius 2 is 1.85 bits per heavy atom. The van der Waals surface area contributed by atoms with E-state index in [1.807, 2.05) is 78.9 Å². The highest BCUT2D eigenvalue weighted by Crippen LogP contribution is 2.36. The van der Waals surface area contributed by atoms with Crippen LogP contribution >= 0.6 is 38.9 Å². The number of thiazole rings is 1. The minimum absolute atomic E-state index is 0.260. The second kappa shape index (κ2) is 9.35. The number of nitrogens with one attached hydrogen (secondary N) is 1. The zero-order chi connectivity index (χ0) is 22.8. The Kier molecular flexibility index (Phi) is 6.13. The van der Waals surface area contributed by atoms with Gasteiger partial charge in [-0.25, -0.2) is 4.98 Å². The first kappa shape index (κ1) is 21.6. The molecule has 0 aliphatic heterocycles. The number of rotatable bonds is 5. The van der Waals surface area contributed by atoms with Gasteiger partial charge in [0.1, 0.15) is 16.5 Å². The second-order valence-electron chi connectivity index (χ2n) is 7.21. The Labute approximate surface area is 207 Å². The fraction of sp³-hybridized carbons (Fsp3) is 0. The van der Waals surface area contributed by atoms with Crippen molar-refractivity contribution < 1.29 is 9.21 Å². The van der Waals surface area contributed by atoms with Gasteiger partial charge in [-0.1, -0.05) is 39.7 Å². The first-order valence-electron chi connectivity index (χ1n) is 10.1. The molecular weight excluding hydrogens is 520 g/mol. The smallest absolute Gasteiger partial charge is 0.248 e. The van der Waals surface area contributed by atoms with E-state index in [2.05, 4.69) is 21.2 Å². The van der Waals surface area contributed by atoms with Crippen molar-refractivity contribution in [2.75, 3.05) is 5.32 Å². The summed E-state index contributed by atoms with van der Waals surface area (Å²) < 4.78 is 7.84. The van der Waals surface area contributed by atoms with Crippen molar-refractivity contribution >= 4 is 66.8 Å². The van der Waals surface area contributed by atoms with Crippen LogP contribution in [0, 0.1) is 0 Å². The van der Waals surface area contributed by atoms with Crippen molar-refractivity contribution in [3.05, 3.63) is 100 Å². The summed E-state index contributed by atoms with van der Waals surface area (Å²) in [7, 11) is 0. The molecule has 0 atom stereocenters. The van der Waals surface area contributed by atoms with E-state index in [0.29, 0.717) is 22.2 Å². The molecule has 0 unspecified atom stereocenters. The molecule has 0 saturated carbocycles. The quantitative estimate of drug-likeness (QED) is 0.230. The van der Waals surface area contributed by atoms with Crippen LogP contribution in [-0.4, -0.2) is 10.9 Å². The highest BCUT2D eigenvalue weighted by molar-refractivity contribution is 9.10. The molecule has 33 heavy (non-hydrogen) atoms. The molecule has 0 aliphatic rings. The average molecular weight is 536 g/mol. The van der Waals surface area contributed by atoms with Gasteiger partial charge in [-0.15, -0.1) is 11.3 Å². The van der Waals surface area contributed by atoms with Gasteiger partial charge < -0.3 is 9.73 Å². The zero-order valence-corrected chi connectivity index (χ0v) is 20.2. The SMILES string of the molecule is O=C(C=Cc1ccc(-c2ccc(Cl)cc2)o1)Nc1ccc(Br)cc1-c1nc2ccccc2s1. The van der Waals surface area contributed by atoms with E-state index in [1.54, 1.807) is 17.4 Å². The van der Waals surface area contributed by atoms with Crippen LogP contribution in [-0.2, 0) is 4.79 Å². The third-order valence-electron chi connectivity index (χ3n) is 4.92. The molecule has 4 nitrogen and oxygen atoms in total. The van der Waals surface area contributed by atoms with Gasteiger partial charge in [0.2, 0.25) is 5.91 Å². The first-order valence-corrected chi connectivity index (χ1v) is 12.0. The number of carbonyl (C=O) groups is 1. The summed E-state index contributed by atoms with van der Waals surface area (Å²) in [4.78, 5) is 17.4. The van der Waals surface area contributed by atoms with E-state index in [4.69, 9.17) is 21.0 Å². The molecule has 3 aromatic carbocycles. The van der Waals surface area contributed by atoms with Crippen LogP contribution in [0.25, 0.3) is 38.2 Å². The number of furan rings is 1. The summed E-state index contributed by atoms with van der Waals surface area (Å²) in [6.07, 6.45) is 3.10. The minimum atomic E-state index is -0.260. The predicted molar refractivity (Wildman–Crippen MR) is 140 cm³/mol. The molecular formula is C26H16BrClN2O2S. The Hall–Kier alpha value is -3.19. The van der Waals surface area contributed by atoms with Gasteiger partial charge in [0.05, 0.1) is 15.9 Å². The zero-order valence-electron chi connectivity index (χ0n) is 17.1. The number of para-hydroxylation sites is 1. The second-order valence-corrected chi connectivity index (χ2v) is 9.59. The lowest BCUT2D eigenvalue weighted by Gasteiger charge is -2.08. The van der Waals surface area contributed by atoms with Crippen molar-refractivity contribution in [3.8, 4) is 21.9 Å². The maximum absolute atomic E-state index is 12.7. The molecule has 0 bridgehead atoms. The van der Waals surface area contributed by atoms with Crippen molar-refractivity contribution in [1.29, 1.82) is 0 Å². The van der Waals surface area contributed by atoms with Crippen LogP contribution < -0.4 is 5.32 Å². The van der Waals surface area contributed by atoms with Gasteiger partial charge in [-0.3, -0.25) is 4.79 Å². The Morgan fingerprint density at radius 1 is 1.03 bits per heavy atom. The number of halogens is 2. The third kappa shape index (κ3) is 4.93. The van der Waals surface area contributed by atoms with Crippen LogP contribution in [0.5, 0.6) is 0 Å². The fourth-order valence-corrected chi connectivity index (χ4v) is 4.82. The largest absolute Gasteiger partial charge is 0.457 e. The van der Waals surface area contributed by atoms with E-state index >= 15 is 0 Å². The fourth-order valence-electron chi connectivity index (χ4n) is 3.33. The number of aromatic nitrogens is 1. The van der Waals surface area contributed by atoms with E-state index in [1.165, 1.54) is 6.08 Å². The summed E-state index contributed by atoms with van der Waals surface area (Å²) >= 11 is 11.1. The number of hydrogen-bond acceptors (Lipinski definition) is 4. The Balaban J connectivity index is 1.35. The number of hydrogen-bond donors (Lipinski definition) is 1. The van der Waals surface area contributed by atoms with Crippen LogP contribution in [0.3, 0.4) is 0 Å². The molecule has 0 saturated heterocycles. The van der Waals surface area contributed by atoms with Crippen molar-refractivity contribution in [3.63, 3.8) is 0 Å². The van der Waals surface area contributed by atoms with Crippen molar-refractivity contribution in [1.82, 2.24) is 4.98 Å². The summed E-state index contributed by atoms with van der Waals surface area (Å²) in [6.45, 7) is 0. The third-order valence-corrected chi connectivity index (χ3v) is 6.73. The highest BCUT2D eigenvalue weighted by Gasteiger charge is 2.13. The van der Waals surface area contributed by atoms with Gasteiger partial charge in [0.25, 0.3) is 0 Å². The number of carbonyl (C=O) groups excluding carboxylic acids is 1. The summed E-state index contributed by atoms with van der Waals surface area (Å²) in [5.41, 5.74) is 3.39. The van der Waals surface area contributed by atoms with E-state index in [9.17, 15) is 4.79 Å². The molecule has 1 N–H and O–H groups in total. The lowest BCUT2D eigenvalue weighted by Crippen LogP contribution is -2.08. The molecule has 2 heterocycles. The lowest BCUT2D eigenvalue weighted by atomic mass is 10.2. The Bertz CT molecular complexity index is 1460. The number of nitrogens with zero attached hydrogens (tertiary/aromatic N) is 1. The van der Waals surface area contributed by atoms with Crippen LogP contribution in [0.1, 0.15) is 5.76 Å². The molecule has 1 amide bonds. The van der Waals surface area contributed by atoms with Gasteiger partial charge in [-0.2, -0.15) is 0 Å². The lowest BCUT2D eigenvalue weighted by molar-refractivity contribution is -0.111. The standard InChI is InChI=1S/C26H16BrClN2O2S/c27-17-7-12-21(20(15-17)26-30-22-3-1-2-4-24(22)33-26)29-25(31)14-11-19-10-13-23(32-19)16-5-8-18(28)9-6-16/h1-15H,(H,29,31). The topological polar surface area (TPSA) is 55.1 Å². The summed E-state index contributed by atoms with van der Waals surface area (Å²) in [5, 5.41) is 4.47. The number of benzene rings is 3. The monoisotopic (exact) mass is 534 g/mol. The molecule has 0 aliphatic carbocycles. The minimum Gasteiger partial charge on any atom is -0.457 e. The van der Waals surface area contributed by atoms with E-state index in [0.717, 1.165) is 30.8 Å². The van der Waals surface area contributed by atoms with Crippen LogP contribution in [0.2, 0.25) is 5.02 Å². The predicted octanol–water partition coefficient (Wildman–Crippen LogP) is 8.29. The molecule has 2 aromatic heterocycles. The number of fused-ring (bicyclic) bond motifs is 1. The molecule has 162 valence electrons. The molecule has 0 fully saturated rings. The average Bonchev–Trinajstić information content (AvgIpc) is 3.46. The first-order chi connectivity index (χ1) is 16.0. The van der Waals surface area contributed by atoms with Gasteiger partial charge >= 0.3 is 0 Å². The maximum atomic E-state index is 12.7. The van der Waals surface area contributed by atoms with Crippen LogP contribution in [0.4, 0.5) is 5.69 Å². The normalized spacial score (nSPS) is 11.3. The summed E-state index contributed by atoms with van der Waals surface area (Å²) in [5.74, 6) is 1.03. The van der Waals surface area contributed by atoms with E-state index in [-0.39, 0.29) is 5.91 Å². The number of anilines is 1. The highest BCUT2D eigenvalue weighted by atomic mass is 79.9. The van der Waals surface area contributed by atoms with E-state index < -0.39 is 0 Å². The number of amides is 1. The van der Waals surface area contributed by atoms with Crippen molar-refractivity contribution in [2.45, 2.75) is 0 Å².